The highest BCUT2D eigenvalue weighted by Crippen LogP contribution is 2.11. The smallest absolute Gasteiger partial charge is 0.404 e. The summed E-state index contributed by atoms with van der Waals surface area (Å²) in [4.78, 5) is 34.9. The van der Waals surface area contributed by atoms with Crippen LogP contribution in [0.4, 0.5) is 10.5 Å². The zero-order valence-electron chi connectivity index (χ0n) is 15.0. The van der Waals surface area contributed by atoms with Gasteiger partial charge in [-0.05, 0) is 37.6 Å². The minimum Gasteiger partial charge on any atom is -0.445 e. The van der Waals surface area contributed by atoms with Crippen molar-refractivity contribution in [3.8, 4) is 0 Å². The molecule has 1 aromatic rings. The molecule has 5 N–H and O–H groups in total. The summed E-state index contributed by atoms with van der Waals surface area (Å²) in [6.07, 6.45) is -0.844. The monoisotopic (exact) mass is 350 g/mol. The van der Waals surface area contributed by atoms with E-state index in [1.54, 1.807) is 38.2 Å². The Balaban J connectivity index is 2.57. The number of primary amides is 1. The number of carbonyl (C=O) groups is 3. The molecule has 2 atom stereocenters. The molecule has 0 aliphatic heterocycles. The predicted octanol–water partition coefficient (Wildman–Crippen LogP) is 0.969. The Hall–Kier alpha value is -2.61. The van der Waals surface area contributed by atoms with Crippen LogP contribution in [0.5, 0.6) is 0 Å². The lowest BCUT2D eigenvalue weighted by molar-refractivity contribution is -0.128. The first-order valence-electron chi connectivity index (χ1n) is 8.04. The van der Waals surface area contributed by atoms with Gasteiger partial charge >= 0.3 is 6.09 Å². The quantitative estimate of drug-likeness (QED) is 0.556. The summed E-state index contributed by atoms with van der Waals surface area (Å²) in [6.45, 7) is 5.54. The summed E-state index contributed by atoms with van der Waals surface area (Å²) < 4.78 is 4.68. The van der Waals surface area contributed by atoms with E-state index in [9.17, 15) is 14.4 Å². The number of carbonyl (C=O) groups excluding carboxylic acids is 3. The molecule has 8 nitrogen and oxygen atoms in total. The highest BCUT2D eigenvalue weighted by Gasteiger charge is 2.23. The van der Waals surface area contributed by atoms with Crippen LogP contribution < -0.4 is 21.7 Å². The normalized spacial score (nSPS) is 13.0. The number of benzene rings is 1. The van der Waals surface area contributed by atoms with Crippen molar-refractivity contribution < 1.29 is 19.1 Å². The number of hydrogen-bond acceptors (Lipinski definition) is 5. The fourth-order valence-corrected chi connectivity index (χ4v) is 2.23. The lowest BCUT2D eigenvalue weighted by Crippen LogP contribution is -2.51. The van der Waals surface area contributed by atoms with Crippen LogP contribution in [0.3, 0.4) is 0 Å². The molecule has 1 aromatic carbocycles. The van der Waals surface area contributed by atoms with Crippen molar-refractivity contribution in [1.29, 1.82) is 0 Å². The molecule has 25 heavy (non-hydrogen) atoms. The van der Waals surface area contributed by atoms with E-state index in [1.165, 1.54) is 0 Å². The molecule has 0 bridgehead atoms. The highest BCUT2D eigenvalue weighted by atomic mass is 16.5. The van der Waals surface area contributed by atoms with Gasteiger partial charge in [-0.25, -0.2) is 4.79 Å². The maximum Gasteiger partial charge on any atom is 0.404 e. The number of hydrogen-bond donors (Lipinski definition) is 4. The Kier molecular flexibility index (Phi) is 7.87. The average molecular weight is 350 g/mol. The van der Waals surface area contributed by atoms with Gasteiger partial charge in [-0.1, -0.05) is 26.0 Å². The number of ether oxygens (including phenoxy) is 1. The average Bonchev–Trinajstić information content (AvgIpc) is 2.54. The molecule has 1 rings (SSSR count). The summed E-state index contributed by atoms with van der Waals surface area (Å²) in [5.41, 5.74) is 6.22. The predicted molar refractivity (Wildman–Crippen MR) is 94.7 cm³/mol. The van der Waals surface area contributed by atoms with Gasteiger partial charge < -0.3 is 26.4 Å². The van der Waals surface area contributed by atoms with Crippen molar-refractivity contribution in [3.63, 3.8) is 0 Å². The highest BCUT2D eigenvalue weighted by molar-refractivity contribution is 5.97. The van der Waals surface area contributed by atoms with Gasteiger partial charge in [-0.3, -0.25) is 9.59 Å². The first-order valence-corrected chi connectivity index (χ1v) is 8.04. The van der Waals surface area contributed by atoms with Crippen molar-refractivity contribution in [2.24, 2.45) is 11.7 Å². The molecule has 0 radical (unpaired) electrons. The lowest BCUT2D eigenvalue weighted by Gasteiger charge is -2.22. The number of nitrogens with one attached hydrogen (secondary N) is 3. The van der Waals surface area contributed by atoms with E-state index in [2.05, 4.69) is 20.7 Å². The van der Waals surface area contributed by atoms with E-state index >= 15 is 0 Å². The molecule has 0 aliphatic rings. The summed E-state index contributed by atoms with van der Waals surface area (Å²) in [5, 5.41) is 8.34. The zero-order chi connectivity index (χ0) is 19.0. The molecule has 0 saturated carbocycles. The van der Waals surface area contributed by atoms with Crippen molar-refractivity contribution in [1.82, 2.24) is 10.6 Å². The van der Waals surface area contributed by atoms with E-state index in [0.717, 1.165) is 5.56 Å². The molecule has 0 aliphatic carbocycles. The molecule has 0 saturated heterocycles. The van der Waals surface area contributed by atoms with Crippen LogP contribution in [0.2, 0.25) is 0 Å². The lowest BCUT2D eigenvalue weighted by atomic mass is 10.0. The second-order valence-electron chi connectivity index (χ2n) is 6.03. The topological polar surface area (TPSA) is 123 Å². The van der Waals surface area contributed by atoms with Gasteiger partial charge in [0.25, 0.3) is 0 Å². The second kappa shape index (κ2) is 9.63. The van der Waals surface area contributed by atoms with Crippen LogP contribution in [-0.2, 0) is 20.9 Å². The summed E-state index contributed by atoms with van der Waals surface area (Å²) >= 11 is 0. The minimum atomic E-state index is -0.844. The van der Waals surface area contributed by atoms with Gasteiger partial charge in [-0.2, -0.15) is 0 Å². The zero-order valence-corrected chi connectivity index (χ0v) is 15.0. The van der Waals surface area contributed by atoms with Gasteiger partial charge in [0.15, 0.2) is 0 Å². The third-order valence-corrected chi connectivity index (χ3v) is 3.61. The van der Waals surface area contributed by atoms with Gasteiger partial charge in [0.05, 0.1) is 6.04 Å². The molecule has 0 aromatic heterocycles. The Bertz CT molecular complexity index is 601. The maximum atomic E-state index is 12.2. The van der Waals surface area contributed by atoms with Crippen LogP contribution in [0.1, 0.15) is 26.3 Å². The molecule has 0 fully saturated rings. The molecular weight excluding hydrogens is 324 g/mol. The van der Waals surface area contributed by atoms with Crippen molar-refractivity contribution in [3.05, 3.63) is 29.8 Å². The van der Waals surface area contributed by atoms with Crippen LogP contribution in [0, 0.1) is 5.92 Å². The first-order chi connectivity index (χ1) is 11.7. The summed E-state index contributed by atoms with van der Waals surface area (Å²) in [6, 6.07) is 5.72. The van der Waals surface area contributed by atoms with Crippen molar-refractivity contribution in [2.45, 2.75) is 39.5 Å². The van der Waals surface area contributed by atoms with E-state index in [0.29, 0.717) is 5.69 Å². The van der Waals surface area contributed by atoms with Crippen LogP contribution in [0.25, 0.3) is 0 Å². The molecule has 0 heterocycles. The second-order valence-corrected chi connectivity index (χ2v) is 6.03. The number of anilines is 1. The Labute approximate surface area is 147 Å². The van der Waals surface area contributed by atoms with Gasteiger partial charge in [0.2, 0.25) is 11.8 Å². The number of amides is 3. The molecule has 138 valence electrons. The molecule has 0 spiro atoms. The standard InChI is InChI=1S/C17H26N4O4/c1-10(2)14(19-4)16(23)20-11(3)15(22)21-13-7-5-12(6-8-13)9-25-17(18)24/h5-8,10-11,14,19H,9H2,1-4H3,(H2,18,24)(H,20,23)(H,21,22)/t11-,14-/m0/s1. The van der Waals surface area contributed by atoms with Gasteiger partial charge in [0.1, 0.15) is 12.6 Å². The largest absolute Gasteiger partial charge is 0.445 e. The number of nitrogens with two attached hydrogens (primary N) is 1. The minimum absolute atomic E-state index is 0.0661. The van der Waals surface area contributed by atoms with Crippen molar-refractivity contribution in [2.75, 3.05) is 12.4 Å². The maximum absolute atomic E-state index is 12.2. The molecular formula is C17H26N4O4. The van der Waals surface area contributed by atoms with E-state index in [1.807, 2.05) is 13.8 Å². The van der Waals surface area contributed by atoms with Crippen molar-refractivity contribution >= 4 is 23.6 Å². The van der Waals surface area contributed by atoms with Crippen LogP contribution >= 0.6 is 0 Å². The molecule has 3 amide bonds. The fourth-order valence-electron chi connectivity index (χ4n) is 2.23. The third-order valence-electron chi connectivity index (χ3n) is 3.61. The van der Waals surface area contributed by atoms with Crippen LogP contribution in [0.15, 0.2) is 24.3 Å². The van der Waals surface area contributed by atoms with Gasteiger partial charge in [0, 0.05) is 5.69 Å². The molecule has 0 unspecified atom stereocenters. The number of likely N-dealkylation sites (N-methyl/N-ethyl adjacent to an activating group) is 1. The SMILES string of the molecule is CN[C@H](C(=O)N[C@@H](C)C(=O)Nc1ccc(COC(N)=O)cc1)C(C)C. The molecule has 8 heteroatoms. The third kappa shape index (κ3) is 6.80. The van der Waals surface area contributed by atoms with E-state index in [-0.39, 0.29) is 30.4 Å². The van der Waals surface area contributed by atoms with E-state index in [4.69, 9.17) is 5.73 Å². The van der Waals surface area contributed by atoms with Gasteiger partial charge in [-0.15, -0.1) is 0 Å². The number of rotatable bonds is 8. The Morgan fingerprint density at radius 2 is 1.68 bits per heavy atom. The fraction of sp³-hybridized carbons (Fsp3) is 0.471. The summed E-state index contributed by atoms with van der Waals surface area (Å²) in [5.74, 6) is -0.442. The Morgan fingerprint density at radius 1 is 1.08 bits per heavy atom. The Morgan fingerprint density at radius 3 is 2.16 bits per heavy atom. The first kappa shape index (κ1) is 20.4. The summed E-state index contributed by atoms with van der Waals surface area (Å²) in [7, 11) is 1.71. The van der Waals surface area contributed by atoms with Crippen LogP contribution in [-0.4, -0.2) is 37.0 Å². The van der Waals surface area contributed by atoms with E-state index < -0.39 is 12.1 Å².